The SMILES string of the molecule is N[I-]CC1(CO)CC1. The molecule has 0 spiro atoms. The molecule has 1 rings (SSSR count). The Balaban J connectivity index is 2.20. The molecule has 1 aliphatic rings. The zero-order valence-electron chi connectivity index (χ0n) is 4.73. The molecule has 8 heavy (non-hydrogen) atoms. The first kappa shape index (κ1) is 6.77. The molecule has 0 aromatic rings. The first-order valence-electron chi connectivity index (χ1n) is 2.72. The van der Waals surface area contributed by atoms with Gasteiger partial charge < -0.3 is 0 Å². The molecule has 0 bridgehead atoms. The van der Waals surface area contributed by atoms with Gasteiger partial charge >= 0.3 is 59.8 Å². The zero-order valence-corrected chi connectivity index (χ0v) is 6.89. The fourth-order valence-corrected chi connectivity index (χ4v) is 2.61. The maximum absolute atomic E-state index is 8.75. The van der Waals surface area contributed by atoms with Crippen LogP contribution in [0.4, 0.5) is 0 Å². The predicted octanol–water partition coefficient (Wildman–Crippen LogP) is -3.28. The molecular weight excluding hydrogens is 217 g/mol. The summed E-state index contributed by atoms with van der Waals surface area (Å²) < 4.78 is 6.54. The van der Waals surface area contributed by atoms with Gasteiger partial charge in [-0.25, -0.2) is 0 Å². The number of nitrogens with two attached hydrogens (primary N) is 1. The number of hydrogen-bond donors (Lipinski definition) is 2. The Labute approximate surface area is 60.1 Å². The van der Waals surface area contributed by atoms with Gasteiger partial charge in [0.05, 0.1) is 0 Å². The van der Waals surface area contributed by atoms with Crippen LogP contribution in [-0.4, -0.2) is 16.1 Å². The molecular formula is C5H11INO-. The number of aliphatic hydroxyl groups excluding tert-OH is 1. The average Bonchev–Trinajstić information content (AvgIpc) is 2.50. The molecule has 50 valence electrons. The van der Waals surface area contributed by atoms with Crippen molar-refractivity contribution in [2.75, 3.05) is 11.0 Å². The number of aliphatic hydroxyl groups is 1. The third-order valence-corrected chi connectivity index (χ3v) is 3.71. The summed E-state index contributed by atoms with van der Waals surface area (Å²) in [6.45, 7) is 0.365. The van der Waals surface area contributed by atoms with Crippen LogP contribution in [0.5, 0.6) is 0 Å². The molecule has 1 aliphatic carbocycles. The van der Waals surface area contributed by atoms with Crippen molar-refractivity contribution in [3.05, 3.63) is 0 Å². The monoisotopic (exact) mass is 228 g/mol. The molecule has 0 heterocycles. The summed E-state index contributed by atoms with van der Waals surface area (Å²) in [6, 6.07) is 0. The Morgan fingerprint density at radius 2 is 2.25 bits per heavy atom. The van der Waals surface area contributed by atoms with Crippen molar-refractivity contribution in [2.24, 2.45) is 9.36 Å². The van der Waals surface area contributed by atoms with E-state index >= 15 is 0 Å². The predicted molar refractivity (Wildman–Crippen MR) is 27.8 cm³/mol. The molecule has 3 heteroatoms. The molecule has 0 atom stereocenters. The van der Waals surface area contributed by atoms with Crippen LogP contribution in [0.2, 0.25) is 0 Å². The molecule has 3 N–H and O–H groups in total. The van der Waals surface area contributed by atoms with Gasteiger partial charge in [-0.3, -0.25) is 0 Å². The van der Waals surface area contributed by atoms with Gasteiger partial charge in [-0.2, -0.15) is 0 Å². The Morgan fingerprint density at radius 3 is 2.38 bits per heavy atom. The Hall–Kier alpha value is 0.650. The van der Waals surface area contributed by atoms with E-state index < -0.39 is 0 Å². The van der Waals surface area contributed by atoms with Gasteiger partial charge in [-0.05, 0) is 0 Å². The topological polar surface area (TPSA) is 46.2 Å². The Kier molecular flexibility index (Phi) is 2.11. The molecule has 0 radical (unpaired) electrons. The van der Waals surface area contributed by atoms with E-state index in [1.165, 1.54) is 12.8 Å². The first-order valence-corrected chi connectivity index (χ1v) is 5.49. The summed E-state index contributed by atoms with van der Waals surface area (Å²) in [7, 11) is 0. The minimum absolute atomic E-state index is 0.0862. The van der Waals surface area contributed by atoms with Crippen molar-refractivity contribution in [2.45, 2.75) is 12.8 Å². The molecule has 0 aromatic carbocycles. The van der Waals surface area contributed by atoms with E-state index in [1.807, 2.05) is 0 Å². The van der Waals surface area contributed by atoms with E-state index in [4.69, 9.17) is 9.05 Å². The van der Waals surface area contributed by atoms with E-state index in [9.17, 15) is 0 Å². The van der Waals surface area contributed by atoms with Gasteiger partial charge in [0.15, 0.2) is 0 Å². The van der Waals surface area contributed by atoms with Crippen LogP contribution < -0.4 is 25.4 Å². The summed E-state index contributed by atoms with van der Waals surface area (Å²) in [5.41, 5.74) is 0.321. The minimum atomic E-state index is -0.0862. The summed E-state index contributed by atoms with van der Waals surface area (Å²) in [4.78, 5) is 0. The summed E-state index contributed by atoms with van der Waals surface area (Å²) >= 11 is -0.0862. The van der Waals surface area contributed by atoms with Gasteiger partial charge in [0.25, 0.3) is 0 Å². The third kappa shape index (κ3) is 1.33. The van der Waals surface area contributed by atoms with Crippen molar-refractivity contribution < 1.29 is 26.6 Å². The van der Waals surface area contributed by atoms with Gasteiger partial charge in [0, 0.05) is 0 Å². The fourth-order valence-electron chi connectivity index (χ4n) is 0.674. The Bertz CT molecular complexity index is 82.5. The number of alkyl halides is 1. The zero-order chi connectivity index (χ0) is 6.04. The van der Waals surface area contributed by atoms with E-state index in [0.717, 1.165) is 4.43 Å². The van der Waals surface area contributed by atoms with Crippen molar-refractivity contribution in [3.63, 3.8) is 0 Å². The van der Waals surface area contributed by atoms with E-state index in [2.05, 4.69) is 0 Å². The van der Waals surface area contributed by atoms with Crippen molar-refractivity contribution >= 4 is 0 Å². The van der Waals surface area contributed by atoms with Crippen LogP contribution in [0.1, 0.15) is 12.8 Å². The molecule has 0 unspecified atom stereocenters. The molecule has 0 aliphatic heterocycles. The van der Waals surface area contributed by atoms with Crippen LogP contribution in [-0.2, 0) is 0 Å². The second-order valence-corrected chi connectivity index (χ2v) is 4.09. The molecule has 0 amide bonds. The second-order valence-electron chi connectivity index (χ2n) is 2.45. The van der Waals surface area contributed by atoms with Crippen molar-refractivity contribution in [1.29, 1.82) is 0 Å². The van der Waals surface area contributed by atoms with E-state index in [-0.39, 0.29) is 21.5 Å². The average molecular weight is 228 g/mol. The summed E-state index contributed by atoms with van der Waals surface area (Å²) in [5, 5.41) is 8.75. The van der Waals surface area contributed by atoms with E-state index in [0.29, 0.717) is 12.0 Å². The summed E-state index contributed by atoms with van der Waals surface area (Å²) in [6.07, 6.45) is 2.42. The molecule has 1 saturated carbocycles. The third-order valence-electron chi connectivity index (χ3n) is 1.65. The van der Waals surface area contributed by atoms with Crippen LogP contribution in [0.15, 0.2) is 0 Å². The fraction of sp³-hybridized carbons (Fsp3) is 1.00. The molecule has 0 saturated heterocycles. The standard InChI is InChI=1S/C5H11INO/c7-6-3-5(4-8)1-2-5/h8H,1-4,7H2/q-1. The van der Waals surface area contributed by atoms with Crippen molar-refractivity contribution in [1.82, 2.24) is 0 Å². The van der Waals surface area contributed by atoms with Crippen molar-refractivity contribution in [3.8, 4) is 0 Å². The Morgan fingerprint density at radius 1 is 1.62 bits per heavy atom. The van der Waals surface area contributed by atoms with Gasteiger partial charge in [0.1, 0.15) is 0 Å². The van der Waals surface area contributed by atoms with E-state index in [1.54, 1.807) is 0 Å². The molecule has 0 aromatic heterocycles. The first-order chi connectivity index (χ1) is 3.83. The van der Waals surface area contributed by atoms with Crippen LogP contribution in [0, 0.1) is 5.41 Å². The normalized spacial score (nSPS) is 23.8. The molecule has 1 fully saturated rings. The van der Waals surface area contributed by atoms with Gasteiger partial charge in [-0.15, -0.1) is 0 Å². The maximum atomic E-state index is 8.75. The number of halogens is 1. The molecule has 2 nitrogen and oxygen atoms in total. The van der Waals surface area contributed by atoms with Gasteiger partial charge in [-0.1, -0.05) is 0 Å². The van der Waals surface area contributed by atoms with Gasteiger partial charge in [0.2, 0.25) is 0 Å². The number of hydrogen-bond acceptors (Lipinski definition) is 2. The quantitative estimate of drug-likeness (QED) is 0.302. The van der Waals surface area contributed by atoms with Crippen LogP contribution in [0.25, 0.3) is 0 Å². The van der Waals surface area contributed by atoms with Crippen LogP contribution in [0.3, 0.4) is 0 Å². The number of rotatable bonds is 3. The second kappa shape index (κ2) is 2.49. The summed E-state index contributed by atoms with van der Waals surface area (Å²) in [5.74, 6) is 0. The van der Waals surface area contributed by atoms with Crippen LogP contribution >= 0.6 is 0 Å².